The van der Waals surface area contributed by atoms with Gasteiger partial charge in [-0.1, -0.05) is 12.1 Å². The minimum Gasteiger partial charge on any atom is -0.481 e. The van der Waals surface area contributed by atoms with Crippen molar-refractivity contribution in [1.29, 1.82) is 0 Å². The van der Waals surface area contributed by atoms with Crippen LogP contribution in [-0.4, -0.2) is 30.5 Å². The van der Waals surface area contributed by atoms with Gasteiger partial charge in [0.1, 0.15) is 0 Å². The second-order valence-electron chi connectivity index (χ2n) is 3.96. The molecule has 0 spiro atoms. The van der Waals surface area contributed by atoms with Crippen LogP contribution in [0.15, 0.2) is 24.3 Å². The number of halogens is 1. The van der Waals surface area contributed by atoms with Gasteiger partial charge >= 0.3 is 5.97 Å². The zero-order chi connectivity index (χ0) is 12.1. The van der Waals surface area contributed by atoms with E-state index in [9.17, 15) is 4.79 Å². The van der Waals surface area contributed by atoms with E-state index in [1.807, 2.05) is 43.3 Å². The molecule has 1 unspecified atom stereocenters. The van der Waals surface area contributed by atoms with Crippen LogP contribution in [0.3, 0.4) is 0 Å². The summed E-state index contributed by atoms with van der Waals surface area (Å²) in [5.74, 6) is -0.857. The maximum absolute atomic E-state index is 10.5. The van der Waals surface area contributed by atoms with Crippen molar-refractivity contribution >= 4 is 23.3 Å². The number of carboxylic acid groups (broad SMARTS) is 1. The van der Waals surface area contributed by atoms with E-state index >= 15 is 0 Å². The zero-order valence-corrected chi connectivity index (χ0v) is 10.2. The van der Waals surface area contributed by atoms with Crippen molar-refractivity contribution in [2.45, 2.75) is 18.2 Å². The summed E-state index contributed by atoms with van der Waals surface area (Å²) in [4.78, 5) is 12.5. The molecule has 1 atom stereocenters. The van der Waals surface area contributed by atoms with Crippen molar-refractivity contribution in [3.63, 3.8) is 0 Å². The van der Waals surface area contributed by atoms with Gasteiger partial charge in [0.2, 0.25) is 0 Å². The molecule has 16 heavy (non-hydrogen) atoms. The van der Waals surface area contributed by atoms with Gasteiger partial charge < -0.3 is 10.0 Å². The number of hydrogen-bond donors (Lipinski definition) is 1. The first-order chi connectivity index (χ1) is 7.49. The third kappa shape index (κ3) is 4.11. The molecular weight excluding hydrogens is 226 g/mol. The number of benzene rings is 1. The molecule has 0 aliphatic carbocycles. The van der Waals surface area contributed by atoms with Crippen LogP contribution in [0.1, 0.15) is 12.0 Å². The molecule has 0 aliphatic rings. The quantitative estimate of drug-likeness (QED) is 0.805. The predicted molar refractivity (Wildman–Crippen MR) is 66.4 cm³/mol. The van der Waals surface area contributed by atoms with Crippen molar-refractivity contribution in [1.82, 2.24) is 0 Å². The molecule has 0 fully saturated rings. The topological polar surface area (TPSA) is 40.5 Å². The molecule has 0 heterocycles. The second-order valence-corrected chi connectivity index (χ2v) is 4.58. The monoisotopic (exact) mass is 241 g/mol. The lowest BCUT2D eigenvalue weighted by Crippen LogP contribution is -2.11. The average molecular weight is 242 g/mol. The Bertz CT molecular complexity index is 349. The van der Waals surface area contributed by atoms with E-state index < -0.39 is 5.97 Å². The van der Waals surface area contributed by atoms with Crippen LogP contribution >= 0.6 is 11.6 Å². The van der Waals surface area contributed by atoms with E-state index in [1.54, 1.807) is 0 Å². The van der Waals surface area contributed by atoms with Gasteiger partial charge in [-0.2, -0.15) is 0 Å². The molecule has 0 amide bonds. The second kappa shape index (κ2) is 5.75. The van der Waals surface area contributed by atoms with Gasteiger partial charge in [0.05, 0.1) is 6.42 Å². The Hall–Kier alpha value is -1.22. The lowest BCUT2D eigenvalue weighted by atomic mass is 10.1. The Morgan fingerprint density at radius 2 is 1.94 bits per heavy atom. The summed E-state index contributed by atoms with van der Waals surface area (Å²) >= 11 is 5.92. The molecule has 1 N–H and O–H groups in total. The SMILES string of the molecule is CN(C)c1ccc(CC(Cl)CC(=O)O)cc1. The number of aliphatic carboxylic acids is 1. The van der Waals surface area contributed by atoms with Gasteiger partial charge in [-0.05, 0) is 24.1 Å². The fraction of sp³-hybridized carbons (Fsp3) is 0.417. The summed E-state index contributed by atoms with van der Waals surface area (Å²) in [6.07, 6.45) is 0.582. The third-order valence-corrected chi connectivity index (χ3v) is 2.61. The summed E-state index contributed by atoms with van der Waals surface area (Å²) < 4.78 is 0. The molecule has 0 aliphatic heterocycles. The first kappa shape index (κ1) is 12.8. The first-order valence-electron chi connectivity index (χ1n) is 5.11. The molecule has 0 saturated heterocycles. The average Bonchev–Trinajstić information content (AvgIpc) is 2.16. The van der Waals surface area contributed by atoms with Crippen LogP contribution in [0.2, 0.25) is 0 Å². The molecule has 0 radical (unpaired) electrons. The number of carboxylic acids is 1. The number of rotatable bonds is 5. The molecular formula is C12H16ClNO2. The Morgan fingerprint density at radius 3 is 2.38 bits per heavy atom. The molecule has 0 bridgehead atoms. The smallest absolute Gasteiger partial charge is 0.304 e. The highest BCUT2D eigenvalue weighted by atomic mass is 35.5. The minimum absolute atomic E-state index is 0.00299. The molecule has 1 aromatic carbocycles. The molecule has 1 aromatic rings. The van der Waals surface area contributed by atoms with Gasteiger partial charge in [0.15, 0.2) is 0 Å². The molecule has 0 aromatic heterocycles. The van der Waals surface area contributed by atoms with Gasteiger partial charge in [-0.15, -0.1) is 11.6 Å². The molecule has 1 rings (SSSR count). The molecule has 0 saturated carbocycles. The number of anilines is 1. The number of nitrogens with zero attached hydrogens (tertiary/aromatic N) is 1. The number of hydrogen-bond acceptors (Lipinski definition) is 2. The van der Waals surface area contributed by atoms with Crippen LogP contribution in [0.25, 0.3) is 0 Å². The zero-order valence-electron chi connectivity index (χ0n) is 9.48. The first-order valence-corrected chi connectivity index (χ1v) is 5.55. The summed E-state index contributed by atoms with van der Waals surface area (Å²) in [6, 6.07) is 7.96. The van der Waals surface area contributed by atoms with Gasteiger partial charge in [0.25, 0.3) is 0 Å². The van der Waals surface area contributed by atoms with Crippen molar-refractivity contribution in [3.05, 3.63) is 29.8 Å². The van der Waals surface area contributed by atoms with E-state index in [-0.39, 0.29) is 11.8 Å². The van der Waals surface area contributed by atoms with Crippen molar-refractivity contribution in [2.24, 2.45) is 0 Å². The summed E-state index contributed by atoms with van der Waals surface area (Å²) in [6.45, 7) is 0. The van der Waals surface area contributed by atoms with Crippen LogP contribution < -0.4 is 4.90 Å². The Balaban J connectivity index is 2.58. The standard InChI is InChI=1S/C12H16ClNO2/c1-14(2)11-5-3-9(4-6-11)7-10(13)8-12(15)16/h3-6,10H,7-8H2,1-2H3,(H,15,16). The predicted octanol–water partition coefficient (Wildman–Crippen LogP) is 2.38. The lowest BCUT2D eigenvalue weighted by molar-refractivity contribution is -0.137. The maximum atomic E-state index is 10.5. The van der Waals surface area contributed by atoms with Crippen LogP contribution in [0.5, 0.6) is 0 Å². The molecule has 4 heteroatoms. The highest BCUT2D eigenvalue weighted by Gasteiger charge is 2.10. The van der Waals surface area contributed by atoms with E-state index in [1.165, 1.54) is 0 Å². The Labute approximate surface area is 101 Å². The number of carbonyl (C=O) groups is 1. The van der Waals surface area contributed by atoms with Crippen molar-refractivity contribution in [2.75, 3.05) is 19.0 Å². The highest BCUT2D eigenvalue weighted by molar-refractivity contribution is 6.21. The minimum atomic E-state index is -0.857. The Morgan fingerprint density at radius 1 is 1.38 bits per heavy atom. The van der Waals surface area contributed by atoms with Crippen LogP contribution in [0.4, 0.5) is 5.69 Å². The van der Waals surface area contributed by atoms with Gasteiger partial charge in [-0.3, -0.25) is 4.79 Å². The van der Waals surface area contributed by atoms with Gasteiger partial charge in [0, 0.05) is 25.2 Å². The van der Waals surface area contributed by atoms with Crippen LogP contribution in [0, 0.1) is 0 Å². The summed E-state index contributed by atoms with van der Waals surface area (Å²) in [5.41, 5.74) is 2.18. The number of alkyl halides is 1. The highest BCUT2D eigenvalue weighted by Crippen LogP contribution is 2.16. The van der Waals surface area contributed by atoms with E-state index in [4.69, 9.17) is 16.7 Å². The summed E-state index contributed by atoms with van der Waals surface area (Å²) in [7, 11) is 3.95. The lowest BCUT2D eigenvalue weighted by Gasteiger charge is -2.13. The fourth-order valence-electron chi connectivity index (χ4n) is 1.45. The van der Waals surface area contributed by atoms with Crippen molar-refractivity contribution < 1.29 is 9.90 Å². The van der Waals surface area contributed by atoms with E-state index in [2.05, 4.69) is 0 Å². The molecule has 88 valence electrons. The van der Waals surface area contributed by atoms with Crippen molar-refractivity contribution in [3.8, 4) is 0 Å². The third-order valence-electron chi connectivity index (χ3n) is 2.31. The maximum Gasteiger partial charge on any atom is 0.304 e. The molecule has 3 nitrogen and oxygen atoms in total. The largest absolute Gasteiger partial charge is 0.481 e. The normalized spacial score (nSPS) is 12.2. The fourth-order valence-corrected chi connectivity index (χ4v) is 1.76. The van der Waals surface area contributed by atoms with Gasteiger partial charge in [-0.25, -0.2) is 0 Å². The summed E-state index contributed by atoms with van der Waals surface area (Å²) in [5, 5.41) is 8.24. The van der Waals surface area contributed by atoms with Crippen LogP contribution in [-0.2, 0) is 11.2 Å². The Kier molecular flexibility index (Phi) is 4.62. The van der Waals surface area contributed by atoms with E-state index in [0.29, 0.717) is 6.42 Å². The van der Waals surface area contributed by atoms with E-state index in [0.717, 1.165) is 11.3 Å².